The summed E-state index contributed by atoms with van der Waals surface area (Å²) in [7, 11) is 0. The van der Waals surface area contributed by atoms with Gasteiger partial charge in [-0.25, -0.2) is 4.98 Å². The molecule has 4 heterocycles. The van der Waals surface area contributed by atoms with Crippen LogP contribution in [0.4, 0.5) is 0 Å². The number of fused-ring (bicyclic) bond motifs is 3. The molecule has 1 fully saturated rings. The summed E-state index contributed by atoms with van der Waals surface area (Å²) < 4.78 is 5.89. The zero-order valence-electron chi connectivity index (χ0n) is 15.2. The number of likely N-dealkylation sites (N-methyl/N-ethyl adjacent to an activating group) is 1. The van der Waals surface area contributed by atoms with Crippen LogP contribution >= 0.6 is 11.3 Å². The Morgan fingerprint density at radius 2 is 1.96 bits per heavy atom. The lowest BCUT2D eigenvalue weighted by molar-refractivity contribution is -0.0379. The first-order chi connectivity index (χ1) is 11.9. The van der Waals surface area contributed by atoms with Crippen LogP contribution in [0.5, 0.6) is 0 Å². The van der Waals surface area contributed by atoms with Gasteiger partial charge in [0.1, 0.15) is 10.7 Å². The molecule has 0 amide bonds. The highest BCUT2D eigenvalue weighted by molar-refractivity contribution is 7.18. The van der Waals surface area contributed by atoms with E-state index in [-0.39, 0.29) is 11.2 Å². The maximum absolute atomic E-state index is 12.7. The van der Waals surface area contributed by atoms with Crippen LogP contribution in [-0.4, -0.2) is 58.1 Å². The van der Waals surface area contributed by atoms with Crippen LogP contribution in [-0.2, 0) is 24.3 Å². The van der Waals surface area contributed by atoms with Gasteiger partial charge in [-0.05, 0) is 26.0 Å². The van der Waals surface area contributed by atoms with Gasteiger partial charge in [-0.2, -0.15) is 0 Å². The molecule has 7 heteroatoms. The summed E-state index contributed by atoms with van der Waals surface area (Å²) in [6, 6.07) is 0. The van der Waals surface area contributed by atoms with Crippen molar-refractivity contribution in [1.29, 1.82) is 0 Å². The number of rotatable bonds is 3. The number of hydrogen-bond donors (Lipinski definition) is 1. The molecule has 1 saturated heterocycles. The van der Waals surface area contributed by atoms with E-state index in [1.54, 1.807) is 11.3 Å². The lowest BCUT2D eigenvalue weighted by atomic mass is 9.94. The summed E-state index contributed by atoms with van der Waals surface area (Å²) in [6.45, 7) is 13.0. The molecule has 0 unspecified atom stereocenters. The largest absolute Gasteiger partial charge is 0.370 e. The third kappa shape index (κ3) is 3.38. The fourth-order valence-corrected chi connectivity index (χ4v) is 4.87. The fourth-order valence-electron chi connectivity index (χ4n) is 3.75. The van der Waals surface area contributed by atoms with Crippen molar-refractivity contribution in [2.24, 2.45) is 0 Å². The average molecular weight is 362 g/mol. The third-order valence-electron chi connectivity index (χ3n) is 5.28. The molecule has 6 nitrogen and oxygen atoms in total. The lowest BCUT2D eigenvalue weighted by Crippen LogP contribution is -2.45. The van der Waals surface area contributed by atoms with Crippen molar-refractivity contribution in [2.45, 2.75) is 45.9 Å². The average Bonchev–Trinajstić information content (AvgIpc) is 2.92. The molecule has 0 aliphatic carbocycles. The molecule has 1 N–H and O–H groups in total. The molecule has 0 atom stereocenters. The molecule has 136 valence electrons. The minimum atomic E-state index is -0.217. The van der Waals surface area contributed by atoms with Crippen LogP contribution in [0.3, 0.4) is 0 Å². The Morgan fingerprint density at radius 3 is 2.68 bits per heavy atom. The Hall–Kier alpha value is -1.28. The summed E-state index contributed by atoms with van der Waals surface area (Å²) in [6.07, 6.45) is 0.769. The van der Waals surface area contributed by atoms with E-state index >= 15 is 0 Å². The molecular weight excluding hydrogens is 336 g/mol. The van der Waals surface area contributed by atoms with Crippen LogP contribution in [0.1, 0.15) is 37.0 Å². The van der Waals surface area contributed by atoms with Crippen LogP contribution in [0.25, 0.3) is 10.2 Å². The Bertz CT molecular complexity index is 833. The van der Waals surface area contributed by atoms with Gasteiger partial charge in [-0.15, -0.1) is 11.3 Å². The number of hydrogen-bond acceptors (Lipinski definition) is 6. The molecule has 2 aromatic rings. The molecule has 2 aliphatic heterocycles. The van der Waals surface area contributed by atoms with Gasteiger partial charge in [0.2, 0.25) is 0 Å². The zero-order chi connectivity index (χ0) is 17.6. The predicted molar refractivity (Wildman–Crippen MR) is 100 cm³/mol. The van der Waals surface area contributed by atoms with Gasteiger partial charge in [0.15, 0.2) is 0 Å². The lowest BCUT2D eigenvalue weighted by Gasteiger charge is -2.33. The molecule has 2 aromatic heterocycles. The van der Waals surface area contributed by atoms with Crippen molar-refractivity contribution in [1.82, 2.24) is 19.8 Å². The summed E-state index contributed by atoms with van der Waals surface area (Å²) in [5.41, 5.74) is 0.918. The van der Waals surface area contributed by atoms with E-state index in [1.807, 2.05) is 0 Å². The highest BCUT2D eigenvalue weighted by Crippen LogP contribution is 2.36. The molecule has 0 spiro atoms. The molecule has 0 saturated carbocycles. The molecule has 0 bridgehead atoms. The minimum absolute atomic E-state index is 0.00222. The van der Waals surface area contributed by atoms with Gasteiger partial charge in [-0.3, -0.25) is 9.69 Å². The highest BCUT2D eigenvalue weighted by Gasteiger charge is 2.30. The Balaban J connectivity index is 1.60. The number of nitrogens with one attached hydrogen (secondary N) is 1. The maximum Gasteiger partial charge on any atom is 0.259 e. The first kappa shape index (κ1) is 17.1. The SMILES string of the molecule is CCN1CCN(Cc2nc3sc4c(c3c(=O)[nH]2)CC(C)(C)OC4)CC1. The first-order valence-electron chi connectivity index (χ1n) is 9.07. The van der Waals surface area contributed by atoms with E-state index in [4.69, 9.17) is 9.72 Å². The van der Waals surface area contributed by atoms with Gasteiger partial charge in [-0.1, -0.05) is 6.92 Å². The van der Waals surface area contributed by atoms with Crippen LogP contribution in [0.2, 0.25) is 0 Å². The molecular formula is C18H26N4O2S. The van der Waals surface area contributed by atoms with Crippen molar-refractivity contribution in [3.8, 4) is 0 Å². The van der Waals surface area contributed by atoms with Crippen molar-refractivity contribution >= 4 is 21.6 Å². The van der Waals surface area contributed by atoms with Crippen molar-refractivity contribution in [3.05, 3.63) is 26.6 Å². The standard InChI is InChI=1S/C18H26N4O2S/c1-4-21-5-7-22(8-6-21)10-14-19-16(23)15-12-9-18(2,3)24-11-13(12)25-17(15)20-14/h4-11H2,1-3H3,(H,19,20,23). The number of thiophene rings is 1. The highest BCUT2D eigenvalue weighted by atomic mass is 32.1. The maximum atomic E-state index is 12.7. The number of aromatic nitrogens is 2. The van der Waals surface area contributed by atoms with Gasteiger partial charge >= 0.3 is 0 Å². The van der Waals surface area contributed by atoms with Crippen molar-refractivity contribution < 1.29 is 4.74 Å². The second-order valence-corrected chi connectivity index (χ2v) is 8.72. The first-order valence-corrected chi connectivity index (χ1v) is 9.89. The van der Waals surface area contributed by atoms with E-state index in [9.17, 15) is 4.79 Å². The number of H-pyrrole nitrogens is 1. The van der Waals surface area contributed by atoms with E-state index in [1.165, 1.54) is 0 Å². The fraction of sp³-hybridized carbons (Fsp3) is 0.667. The van der Waals surface area contributed by atoms with Gasteiger partial charge < -0.3 is 14.6 Å². The normalized spacial score (nSPS) is 21.6. The number of piperazine rings is 1. The van der Waals surface area contributed by atoms with E-state index in [0.29, 0.717) is 13.2 Å². The minimum Gasteiger partial charge on any atom is -0.370 e. The van der Waals surface area contributed by atoms with Crippen molar-refractivity contribution in [2.75, 3.05) is 32.7 Å². The summed E-state index contributed by atoms with van der Waals surface area (Å²) >= 11 is 1.61. The van der Waals surface area contributed by atoms with E-state index < -0.39 is 0 Å². The second kappa shape index (κ2) is 6.46. The van der Waals surface area contributed by atoms with E-state index in [0.717, 1.165) is 65.6 Å². The van der Waals surface area contributed by atoms with E-state index in [2.05, 4.69) is 35.6 Å². The summed E-state index contributed by atoms with van der Waals surface area (Å²) in [5.74, 6) is 0.779. The third-order valence-corrected chi connectivity index (χ3v) is 6.37. The van der Waals surface area contributed by atoms with Gasteiger partial charge in [0.25, 0.3) is 5.56 Å². The monoisotopic (exact) mass is 362 g/mol. The predicted octanol–water partition coefficient (Wildman–Crippen LogP) is 1.97. The Morgan fingerprint density at radius 1 is 1.24 bits per heavy atom. The summed E-state index contributed by atoms with van der Waals surface area (Å²) in [4.78, 5) is 27.4. The molecule has 4 rings (SSSR count). The zero-order valence-corrected chi connectivity index (χ0v) is 16.0. The quantitative estimate of drug-likeness (QED) is 0.905. The number of ether oxygens (including phenoxy) is 1. The van der Waals surface area contributed by atoms with Gasteiger partial charge in [0, 0.05) is 37.5 Å². The molecule has 2 aliphatic rings. The topological polar surface area (TPSA) is 61.5 Å². The van der Waals surface area contributed by atoms with Crippen LogP contribution < -0.4 is 5.56 Å². The smallest absolute Gasteiger partial charge is 0.259 e. The summed E-state index contributed by atoms with van der Waals surface area (Å²) in [5, 5.41) is 0.774. The number of nitrogens with zero attached hydrogens (tertiary/aromatic N) is 3. The molecule has 25 heavy (non-hydrogen) atoms. The Labute approximate surface area is 151 Å². The van der Waals surface area contributed by atoms with Crippen molar-refractivity contribution in [3.63, 3.8) is 0 Å². The number of aromatic amines is 1. The van der Waals surface area contributed by atoms with Gasteiger partial charge in [0.05, 0.1) is 24.1 Å². The molecule has 0 aromatic carbocycles. The Kier molecular flexibility index (Phi) is 4.43. The van der Waals surface area contributed by atoms with Crippen LogP contribution in [0.15, 0.2) is 4.79 Å². The second-order valence-electron chi connectivity index (χ2n) is 7.63. The molecule has 0 radical (unpaired) electrons. The van der Waals surface area contributed by atoms with Crippen LogP contribution in [0, 0.1) is 0 Å².